The molecule has 1 N–H and O–H groups in total. The van der Waals surface area contributed by atoms with Crippen LogP contribution in [0.4, 0.5) is 10.1 Å². The van der Waals surface area contributed by atoms with Gasteiger partial charge in [-0.3, -0.25) is 0 Å². The zero-order valence-corrected chi connectivity index (χ0v) is 16.3. The molecule has 0 radical (unpaired) electrons. The first-order valence-electron chi connectivity index (χ1n) is 9.09. The lowest BCUT2D eigenvalue weighted by Crippen LogP contribution is -2.44. The van der Waals surface area contributed by atoms with Crippen molar-refractivity contribution >= 4 is 23.0 Å². The summed E-state index contributed by atoms with van der Waals surface area (Å²) < 4.78 is 16.8. The molecule has 3 aromatic rings. The number of rotatable bonds is 2. The number of benzene rings is 2. The third-order valence-corrected chi connectivity index (χ3v) is 5.46. The standard InChI is InChI=1S/C22H22FN3S/c1-15-9-10-19(16(2)14-15)24-22(27)26-13-12-25-11-5-8-20(25)21(26)17-6-3-4-7-18(17)23/h3-11,14,21H,12-13H2,1-2H3,(H,24,27). The number of nitrogens with one attached hydrogen (secondary N) is 1. The quantitative estimate of drug-likeness (QED) is 0.630. The second-order valence-corrected chi connectivity index (χ2v) is 7.38. The van der Waals surface area contributed by atoms with Crippen LogP contribution >= 0.6 is 12.2 Å². The third-order valence-electron chi connectivity index (χ3n) is 5.12. The van der Waals surface area contributed by atoms with Gasteiger partial charge in [-0.2, -0.15) is 0 Å². The highest BCUT2D eigenvalue weighted by Gasteiger charge is 2.32. The van der Waals surface area contributed by atoms with Crippen molar-refractivity contribution in [3.05, 3.63) is 89.0 Å². The molecule has 0 amide bonds. The number of fused-ring (bicyclic) bond motifs is 1. The fraction of sp³-hybridized carbons (Fsp3) is 0.227. The van der Waals surface area contributed by atoms with Gasteiger partial charge in [0.2, 0.25) is 0 Å². The molecule has 1 aliphatic heterocycles. The Balaban J connectivity index is 1.70. The van der Waals surface area contributed by atoms with Crippen molar-refractivity contribution in [1.82, 2.24) is 9.47 Å². The van der Waals surface area contributed by atoms with E-state index in [1.54, 1.807) is 6.07 Å². The van der Waals surface area contributed by atoms with Gasteiger partial charge in [0.25, 0.3) is 0 Å². The van der Waals surface area contributed by atoms with Crippen molar-refractivity contribution in [2.24, 2.45) is 0 Å². The molecule has 2 aromatic carbocycles. The number of aromatic nitrogens is 1. The molecule has 1 aromatic heterocycles. The van der Waals surface area contributed by atoms with Crippen molar-refractivity contribution in [3.63, 3.8) is 0 Å². The second-order valence-electron chi connectivity index (χ2n) is 6.99. The topological polar surface area (TPSA) is 20.2 Å². The zero-order chi connectivity index (χ0) is 19.0. The lowest BCUT2D eigenvalue weighted by molar-refractivity contribution is 0.288. The van der Waals surface area contributed by atoms with E-state index >= 15 is 0 Å². The number of nitrogens with zero attached hydrogens (tertiary/aromatic N) is 2. The fourth-order valence-electron chi connectivity index (χ4n) is 3.77. The fourth-order valence-corrected chi connectivity index (χ4v) is 4.07. The van der Waals surface area contributed by atoms with Crippen LogP contribution in [0.2, 0.25) is 0 Å². The second kappa shape index (κ2) is 7.16. The molecule has 138 valence electrons. The minimum absolute atomic E-state index is 0.212. The van der Waals surface area contributed by atoms with Crippen molar-refractivity contribution in [3.8, 4) is 0 Å². The monoisotopic (exact) mass is 379 g/mol. The van der Waals surface area contributed by atoms with Crippen LogP contribution in [0.15, 0.2) is 60.8 Å². The third kappa shape index (κ3) is 3.35. The van der Waals surface area contributed by atoms with Crippen LogP contribution in [0, 0.1) is 19.7 Å². The molecule has 0 saturated heterocycles. The Kier molecular flexibility index (Phi) is 4.70. The molecule has 1 atom stereocenters. The van der Waals surface area contributed by atoms with Crippen molar-refractivity contribution in [2.75, 3.05) is 11.9 Å². The Morgan fingerprint density at radius 2 is 1.89 bits per heavy atom. The van der Waals surface area contributed by atoms with E-state index in [0.717, 1.165) is 30.0 Å². The molecule has 4 rings (SSSR count). The van der Waals surface area contributed by atoms with Gasteiger partial charge in [-0.05, 0) is 55.9 Å². The highest BCUT2D eigenvalue weighted by Crippen LogP contribution is 2.34. The number of hydrogen-bond donors (Lipinski definition) is 1. The van der Waals surface area contributed by atoms with Crippen molar-refractivity contribution in [1.29, 1.82) is 0 Å². The first kappa shape index (κ1) is 17.7. The number of anilines is 1. The summed E-state index contributed by atoms with van der Waals surface area (Å²) in [4.78, 5) is 2.09. The van der Waals surface area contributed by atoms with Crippen LogP contribution in [0.3, 0.4) is 0 Å². The van der Waals surface area contributed by atoms with E-state index < -0.39 is 0 Å². The maximum atomic E-state index is 14.6. The van der Waals surface area contributed by atoms with Crippen LogP contribution in [0.5, 0.6) is 0 Å². The van der Waals surface area contributed by atoms with Crippen LogP contribution in [-0.4, -0.2) is 21.1 Å². The van der Waals surface area contributed by atoms with E-state index in [-0.39, 0.29) is 11.9 Å². The number of aryl methyl sites for hydroxylation is 2. The summed E-state index contributed by atoms with van der Waals surface area (Å²) in [7, 11) is 0. The average molecular weight is 380 g/mol. The van der Waals surface area contributed by atoms with Gasteiger partial charge < -0.3 is 14.8 Å². The smallest absolute Gasteiger partial charge is 0.174 e. The summed E-state index contributed by atoms with van der Waals surface area (Å²) >= 11 is 5.75. The number of thiocarbonyl (C=S) groups is 1. The molecule has 0 spiro atoms. The molecule has 2 heterocycles. The molecule has 27 heavy (non-hydrogen) atoms. The molecule has 0 aliphatic carbocycles. The summed E-state index contributed by atoms with van der Waals surface area (Å²) in [6.07, 6.45) is 2.04. The van der Waals surface area contributed by atoms with Gasteiger partial charge in [0.1, 0.15) is 5.82 Å². The minimum atomic E-state index is -0.249. The maximum absolute atomic E-state index is 14.6. The largest absolute Gasteiger partial charge is 0.348 e. The molecular weight excluding hydrogens is 357 g/mol. The first-order valence-corrected chi connectivity index (χ1v) is 9.50. The number of hydrogen-bond acceptors (Lipinski definition) is 1. The Bertz CT molecular complexity index is 995. The predicted octanol–water partition coefficient (Wildman–Crippen LogP) is 5.05. The molecule has 3 nitrogen and oxygen atoms in total. The predicted molar refractivity (Wildman–Crippen MR) is 112 cm³/mol. The summed E-state index contributed by atoms with van der Waals surface area (Å²) in [5, 5.41) is 3.99. The normalized spacial score (nSPS) is 16.1. The Morgan fingerprint density at radius 1 is 1.07 bits per heavy atom. The molecule has 0 fully saturated rings. The van der Waals surface area contributed by atoms with Gasteiger partial charge in [-0.15, -0.1) is 0 Å². The van der Waals surface area contributed by atoms with Gasteiger partial charge in [0.05, 0.1) is 6.04 Å². The Hall–Kier alpha value is -2.66. The molecule has 1 aliphatic rings. The SMILES string of the molecule is Cc1ccc(NC(=S)N2CCn3cccc3C2c2ccccc2F)c(C)c1. The van der Waals surface area contributed by atoms with Crippen molar-refractivity contribution in [2.45, 2.75) is 26.4 Å². The van der Waals surface area contributed by atoms with E-state index in [1.165, 1.54) is 11.6 Å². The summed E-state index contributed by atoms with van der Waals surface area (Å²) in [6, 6.07) is 17.0. The van der Waals surface area contributed by atoms with Gasteiger partial charge in [0.15, 0.2) is 5.11 Å². The average Bonchev–Trinajstić information content (AvgIpc) is 3.12. The lowest BCUT2D eigenvalue weighted by Gasteiger charge is -2.39. The first-order chi connectivity index (χ1) is 13.0. The molecule has 1 unspecified atom stereocenters. The van der Waals surface area contributed by atoms with Gasteiger partial charge in [-0.1, -0.05) is 35.9 Å². The minimum Gasteiger partial charge on any atom is -0.348 e. The van der Waals surface area contributed by atoms with Crippen LogP contribution in [-0.2, 0) is 6.54 Å². The summed E-state index contributed by atoms with van der Waals surface area (Å²) in [5.41, 5.74) is 5.03. The summed E-state index contributed by atoms with van der Waals surface area (Å²) in [6.45, 7) is 5.68. The van der Waals surface area contributed by atoms with E-state index in [4.69, 9.17) is 12.2 Å². The van der Waals surface area contributed by atoms with Crippen LogP contribution in [0.25, 0.3) is 0 Å². The molecule has 0 saturated carbocycles. The maximum Gasteiger partial charge on any atom is 0.174 e. The Labute approximate surface area is 164 Å². The van der Waals surface area contributed by atoms with E-state index in [1.807, 2.05) is 36.5 Å². The zero-order valence-electron chi connectivity index (χ0n) is 15.4. The summed E-state index contributed by atoms with van der Waals surface area (Å²) in [5.74, 6) is -0.212. The van der Waals surface area contributed by atoms with E-state index in [9.17, 15) is 4.39 Å². The highest BCUT2D eigenvalue weighted by molar-refractivity contribution is 7.80. The highest BCUT2D eigenvalue weighted by atomic mass is 32.1. The van der Waals surface area contributed by atoms with Crippen LogP contribution in [0.1, 0.15) is 28.4 Å². The van der Waals surface area contributed by atoms with Gasteiger partial charge in [0, 0.05) is 36.2 Å². The van der Waals surface area contributed by atoms with E-state index in [2.05, 4.69) is 40.8 Å². The Morgan fingerprint density at radius 3 is 2.67 bits per heavy atom. The molecular formula is C22H22FN3S. The lowest BCUT2D eigenvalue weighted by atomic mass is 9.99. The van der Waals surface area contributed by atoms with Crippen LogP contribution < -0.4 is 5.32 Å². The van der Waals surface area contributed by atoms with Gasteiger partial charge in [-0.25, -0.2) is 4.39 Å². The van der Waals surface area contributed by atoms with Crippen molar-refractivity contribution < 1.29 is 4.39 Å². The molecule has 0 bridgehead atoms. The molecule has 5 heteroatoms. The van der Waals surface area contributed by atoms with E-state index in [0.29, 0.717) is 10.7 Å². The van der Waals surface area contributed by atoms with Gasteiger partial charge >= 0.3 is 0 Å². The number of halogens is 1.